The van der Waals surface area contributed by atoms with Crippen LogP contribution in [0.1, 0.15) is 16.1 Å². The van der Waals surface area contributed by atoms with Crippen molar-refractivity contribution < 1.29 is 9.53 Å². The van der Waals surface area contributed by atoms with E-state index in [9.17, 15) is 9.59 Å². The fraction of sp³-hybridized carbons (Fsp3) is 0.476. The van der Waals surface area contributed by atoms with Gasteiger partial charge in [-0.05, 0) is 18.1 Å². The molecule has 1 unspecified atom stereocenters. The summed E-state index contributed by atoms with van der Waals surface area (Å²) in [5.74, 6) is 0.0985. The van der Waals surface area contributed by atoms with Crippen molar-refractivity contribution in [3.05, 3.63) is 64.1 Å². The summed E-state index contributed by atoms with van der Waals surface area (Å²) < 4.78 is 6.59. The lowest BCUT2D eigenvalue weighted by Crippen LogP contribution is -2.38. The molecule has 1 atom stereocenters. The molecule has 1 aliphatic heterocycles. The van der Waals surface area contributed by atoms with Gasteiger partial charge in [0.25, 0.3) is 11.5 Å². The smallest absolute Gasteiger partial charge is 0.274 e. The van der Waals surface area contributed by atoms with Crippen LogP contribution in [0.4, 0.5) is 0 Å². The van der Waals surface area contributed by atoms with E-state index in [4.69, 9.17) is 4.74 Å². The predicted octanol–water partition coefficient (Wildman–Crippen LogP) is 1.04. The van der Waals surface area contributed by atoms with Gasteiger partial charge in [0, 0.05) is 58.9 Å². The van der Waals surface area contributed by atoms with Crippen LogP contribution in [0.2, 0.25) is 0 Å². The summed E-state index contributed by atoms with van der Waals surface area (Å²) in [5, 5.41) is 4.11. The zero-order valence-electron chi connectivity index (χ0n) is 16.6. The van der Waals surface area contributed by atoms with Crippen LogP contribution < -0.4 is 5.56 Å². The third-order valence-electron chi connectivity index (χ3n) is 5.11. The van der Waals surface area contributed by atoms with Crippen LogP contribution in [0, 0.1) is 5.92 Å². The first kappa shape index (κ1) is 20.2. The molecule has 2 aromatic rings. The molecule has 0 spiro atoms. The molecule has 1 aromatic heterocycles. The minimum atomic E-state index is -0.225. The molecule has 0 N–H and O–H groups in total. The van der Waals surface area contributed by atoms with Crippen LogP contribution in [0.3, 0.4) is 0 Å². The number of rotatable bonds is 6. The Morgan fingerprint density at radius 2 is 1.93 bits per heavy atom. The molecule has 0 saturated carbocycles. The lowest BCUT2D eigenvalue weighted by atomic mass is 10.1. The van der Waals surface area contributed by atoms with Crippen LogP contribution in [0.25, 0.3) is 0 Å². The molecule has 0 radical (unpaired) electrons. The minimum absolute atomic E-state index is 0.137. The van der Waals surface area contributed by atoms with Gasteiger partial charge in [-0.2, -0.15) is 5.10 Å². The van der Waals surface area contributed by atoms with Gasteiger partial charge in [-0.25, -0.2) is 4.68 Å². The molecule has 1 fully saturated rings. The van der Waals surface area contributed by atoms with Gasteiger partial charge in [-0.15, -0.1) is 0 Å². The molecule has 1 amide bonds. The van der Waals surface area contributed by atoms with E-state index >= 15 is 0 Å². The predicted molar refractivity (Wildman–Crippen MR) is 107 cm³/mol. The number of ether oxygens (including phenoxy) is 1. The van der Waals surface area contributed by atoms with E-state index in [1.807, 2.05) is 11.0 Å². The first-order valence-corrected chi connectivity index (χ1v) is 9.65. The van der Waals surface area contributed by atoms with Gasteiger partial charge in [0.1, 0.15) is 5.69 Å². The van der Waals surface area contributed by atoms with Crippen LogP contribution >= 0.6 is 0 Å². The van der Waals surface area contributed by atoms with Gasteiger partial charge in [-0.3, -0.25) is 9.59 Å². The molecule has 1 aromatic carbocycles. The monoisotopic (exact) mass is 384 g/mol. The number of hydrogen-bond acceptors (Lipinski definition) is 5. The van der Waals surface area contributed by atoms with E-state index < -0.39 is 0 Å². The van der Waals surface area contributed by atoms with Crippen LogP contribution in [-0.2, 0) is 18.2 Å². The summed E-state index contributed by atoms with van der Waals surface area (Å²) >= 11 is 0. The van der Waals surface area contributed by atoms with Crippen LogP contribution in [0.15, 0.2) is 47.3 Å². The molecule has 7 nitrogen and oxygen atoms in total. The summed E-state index contributed by atoms with van der Waals surface area (Å²) in [7, 11) is 3.25. The van der Waals surface area contributed by atoms with Crippen LogP contribution in [-0.4, -0.2) is 71.9 Å². The highest BCUT2D eigenvalue weighted by atomic mass is 16.5. The van der Waals surface area contributed by atoms with E-state index in [0.29, 0.717) is 25.4 Å². The highest BCUT2D eigenvalue weighted by molar-refractivity contribution is 5.92. The second kappa shape index (κ2) is 9.61. The molecule has 1 aliphatic rings. The number of hydrogen-bond donors (Lipinski definition) is 0. The summed E-state index contributed by atoms with van der Waals surface area (Å²) in [6.45, 7) is 4.52. The van der Waals surface area contributed by atoms with Gasteiger partial charge in [0.2, 0.25) is 0 Å². The number of amides is 1. The number of nitrogens with zero attached hydrogens (tertiary/aromatic N) is 4. The third kappa shape index (κ3) is 5.27. The van der Waals surface area contributed by atoms with E-state index in [1.165, 1.54) is 22.4 Å². The molecule has 150 valence electrons. The zero-order valence-corrected chi connectivity index (χ0v) is 16.6. The summed E-state index contributed by atoms with van der Waals surface area (Å²) in [5.41, 5.74) is 1.39. The number of aromatic nitrogens is 2. The second-order valence-corrected chi connectivity index (χ2v) is 7.29. The van der Waals surface area contributed by atoms with Crippen molar-refractivity contribution >= 4 is 5.91 Å². The lowest BCUT2D eigenvalue weighted by Gasteiger charge is -2.24. The van der Waals surface area contributed by atoms with E-state index in [1.54, 1.807) is 14.2 Å². The molecule has 1 saturated heterocycles. The van der Waals surface area contributed by atoms with Crippen molar-refractivity contribution in [1.82, 2.24) is 19.6 Å². The Morgan fingerprint density at radius 3 is 2.64 bits per heavy atom. The Balaban J connectivity index is 1.67. The summed E-state index contributed by atoms with van der Waals surface area (Å²) in [4.78, 5) is 28.7. The minimum Gasteiger partial charge on any atom is -0.384 e. The Bertz CT molecular complexity index is 837. The first-order chi connectivity index (χ1) is 13.6. The fourth-order valence-electron chi connectivity index (χ4n) is 3.62. The Kier molecular flexibility index (Phi) is 6.95. The quantitative estimate of drug-likeness (QED) is 0.745. The number of benzene rings is 1. The molecular formula is C21H28N4O3. The first-order valence-electron chi connectivity index (χ1n) is 9.65. The Labute approximate surface area is 165 Å². The van der Waals surface area contributed by atoms with Crippen molar-refractivity contribution in [2.24, 2.45) is 13.0 Å². The van der Waals surface area contributed by atoms with E-state index in [0.717, 1.165) is 26.1 Å². The van der Waals surface area contributed by atoms with E-state index in [2.05, 4.69) is 34.3 Å². The standard InChI is InChI=1S/C21H28N4O3/c1-23-20(26)9-8-19(22-23)21(27)25-13-12-24(14-18(15-25)16-28-2)11-10-17-6-4-3-5-7-17/h3-9,18H,10-16H2,1-2H3. The van der Waals surface area contributed by atoms with Crippen LogP contribution in [0.5, 0.6) is 0 Å². The van der Waals surface area contributed by atoms with Gasteiger partial charge < -0.3 is 14.5 Å². The van der Waals surface area contributed by atoms with Crippen molar-refractivity contribution in [2.45, 2.75) is 6.42 Å². The second-order valence-electron chi connectivity index (χ2n) is 7.29. The fourth-order valence-corrected chi connectivity index (χ4v) is 3.62. The highest BCUT2D eigenvalue weighted by Crippen LogP contribution is 2.14. The maximum absolute atomic E-state index is 12.9. The van der Waals surface area contributed by atoms with Crippen molar-refractivity contribution in [3.63, 3.8) is 0 Å². The average Bonchev–Trinajstić information content (AvgIpc) is 2.91. The van der Waals surface area contributed by atoms with Crippen molar-refractivity contribution in [1.29, 1.82) is 0 Å². The zero-order chi connectivity index (χ0) is 19.9. The van der Waals surface area contributed by atoms with Gasteiger partial charge >= 0.3 is 0 Å². The van der Waals surface area contributed by atoms with Gasteiger partial charge in [0.05, 0.1) is 6.61 Å². The number of methoxy groups -OCH3 is 1. The SMILES string of the molecule is COCC1CN(CCc2ccccc2)CCN(C(=O)c2ccc(=O)n(C)n2)C1. The molecule has 3 rings (SSSR count). The highest BCUT2D eigenvalue weighted by Gasteiger charge is 2.27. The lowest BCUT2D eigenvalue weighted by molar-refractivity contribution is 0.0699. The molecule has 7 heteroatoms. The van der Waals surface area contributed by atoms with Crippen molar-refractivity contribution in [2.75, 3.05) is 46.4 Å². The van der Waals surface area contributed by atoms with Gasteiger partial charge in [0.15, 0.2) is 0 Å². The maximum Gasteiger partial charge on any atom is 0.274 e. The number of aryl methyl sites for hydroxylation is 1. The van der Waals surface area contributed by atoms with Crippen molar-refractivity contribution in [3.8, 4) is 0 Å². The number of carbonyl (C=O) groups is 1. The third-order valence-corrected chi connectivity index (χ3v) is 5.11. The molecule has 2 heterocycles. The Hall–Kier alpha value is -2.51. The summed E-state index contributed by atoms with van der Waals surface area (Å²) in [6, 6.07) is 13.3. The molecule has 0 aliphatic carbocycles. The van der Waals surface area contributed by atoms with Gasteiger partial charge in [-0.1, -0.05) is 30.3 Å². The molecule has 28 heavy (non-hydrogen) atoms. The molecular weight excluding hydrogens is 356 g/mol. The molecule has 0 bridgehead atoms. The van der Waals surface area contributed by atoms with E-state index in [-0.39, 0.29) is 17.4 Å². The normalized spacial score (nSPS) is 18.1. The Morgan fingerprint density at radius 1 is 1.14 bits per heavy atom. The topological polar surface area (TPSA) is 67.7 Å². The largest absolute Gasteiger partial charge is 0.384 e. The summed E-state index contributed by atoms with van der Waals surface area (Å²) in [6.07, 6.45) is 0.983. The number of carbonyl (C=O) groups excluding carboxylic acids is 1. The maximum atomic E-state index is 12.9. The average molecular weight is 384 g/mol.